The normalized spacial score (nSPS) is 2.67. The Bertz CT molecular complexity index is 33.5. The van der Waals surface area contributed by atoms with Gasteiger partial charge in [0.05, 0.1) is 0 Å². The molecule has 0 spiro atoms. The van der Waals surface area contributed by atoms with Crippen LogP contribution in [0.15, 0.2) is 10.7 Å². The molecule has 0 fully saturated rings. The minimum Gasteiger partial charge on any atom is -0.379 e. The minimum absolute atomic E-state index is 0. The van der Waals surface area contributed by atoms with Crippen molar-refractivity contribution < 1.29 is 31.5 Å². The molecular weight excluding hydrogens is 315 g/mol. The summed E-state index contributed by atoms with van der Waals surface area (Å²) in [4.78, 5) is 16.2. The topological polar surface area (TPSA) is 169 Å². The second-order valence-electron chi connectivity index (χ2n) is 0.163. The van der Waals surface area contributed by atoms with E-state index in [-0.39, 0.29) is 33.4 Å². The SMILES string of the molecule is N.N.O=NO.O=NO.[Pt]. The monoisotopic (exact) mass is 323 g/mol. The van der Waals surface area contributed by atoms with Gasteiger partial charge in [-0.3, -0.25) is 0 Å². The molecule has 8 N–H and O–H groups in total. The molecule has 62 valence electrons. The molecule has 9 heteroatoms. The van der Waals surface area contributed by atoms with Crippen LogP contribution in [0.3, 0.4) is 0 Å². The fourth-order valence-electron chi connectivity index (χ4n) is 0. The molecule has 0 aromatic heterocycles. The summed E-state index contributed by atoms with van der Waals surface area (Å²) in [5.41, 5.74) is 0. The first kappa shape index (κ1) is 39.7. The van der Waals surface area contributed by atoms with Crippen molar-refractivity contribution in [3.63, 3.8) is 0 Å². The molecule has 0 aliphatic heterocycles. The molecule has 0 radical (unpaired) electrons. The number of hydrogen-bond donors (Lipinski definition) is 4. The van der Waals surface area contributed by atoms with Crippen molar-refractivity contribution in [3.05, 3.63) is 9.81 Å². The van der Waals surface area contributed by atoms with E-state index >= 15 is 0 Å². The molecule has 0 saturated heterocycles. The maximum Gasteiger partial charge on any atom is 0.152 e. The van der Waals surface area contributed by atoms with Gasteiger partial charge in [0.1, 0.15) is 0 Å². The van der Waals surface area contributed by atoms with Crippen molar-refractivity contribution >= 4 is 0 Å². The van der Waals surface area contributed by atoms with Crippen LogP contribution >= 0.6 is 0 Å². The Kier molecular flexibility index (Phi) is 677. The second kappa shape index (κ2) is 153. The van der Waals surface area contributed by atoms with Crippen LogP contribution in [0.25, 0.3) is 0 Å². The van der Waals surface area contributed by atoms with Gasteiger partial charge in [-0.15, -0.1) is 9.81 Å². The third-order valence-corrected chi connectivity index (χ3v) is 0. The summed E-state index contributed by atoms with van der Waals surface area (Å²) in [5, 5.41) is 15.8. The molecule has 0 aromatic carbocycles. The quantitative estimate of drug-likeness (QED) is 0.376. The van der Waals surface area contributed by atoms with E-state index in [2.05, 4.69) is 0 Å². The number of hydrogen-bond acceptors (Lipinski definition) is 6. The Balaban J connectivity index is -0.00000000889. The van der Waals surface area contributed by atoms with Crippen LogP contribution in [0.2, 0.25) is 0 Å². The van der Waals surface area contributed by atoms with E-state index in [0.717, 1.165) is 0 Å². The van der Waals surface area contributed by atoms with E-state index in [4.69, 9.17) is 20.2 Å². The fourth-order valence-corrected chi connectivity index (χ4v) is 0. The Labute approximate surface area is 64.9 Å². The summed E-state index contributed by atoms with van der Waals surface area (Å²) in [6, 6.07) is 0. The average Bonchev–Trinajstić information content (AvgIpc) is 1.39. The first-order valence-electron chi connectivity index (χ1n) is 0.765. The zero-order valence-electron chi connectivity index (χ0n) is 4.34. The molecule has 0 unspecified atom stereocenters. The van der Waals surface area contributed by atoms with Crippen molar-refractivity contribution in [3.8, 4) is 0 Å². The van der Waals surface area contributed by atoms with Gasteiger partial charge in [-0.05, 0) is 0 Å². The average molecular weight is 323 g/mol. The van der Waals surface area contributed by atoms with Crippen molar-refractivity contribution in [2.75, 3.05) is 0 Å². The van der Waals surface area contributed by atoms with Gasteiger partial charge < -0.3 is 22.7 Å². The maximum absolute atomic E-state index is 8.11. The third kappa shape index (κ3) is 619. The van der Waals surface area contributed by atoms with Crippen LogP contribution in [0.1, 0.15) is 0 Å². The van der Waals surface area contributed by atoms with E-state index in [9.17, 15) is 0 Å². The van der Waals surface area contributed by atoms with Crippen LogP contribution in [-0.4, -0.2) is 10.4 Å². The summed E-state index contributed by atoms with van der Waals surface area (Å²) in [6.07, 6.45) is 0. The molecule has 0 amide bonds. The van der Waals surface area contributed by atoms with E-state index in [1.807, 2.05) is 0 Å². The second-order valence-corrected chi connectivity index (χ2v) is 0.163. The van der Waals surface area contributed by atoms with Crippen molar-refractivity contribution in [1.82, 2.24) is 12.3 Å². The van der Waals surface area contributed by atoms with Gasteiger partial charge >= 0.3 is 0 Å². The Morgan fingerprint density at radius 2 is 0.889 bits per heavy atom. The Morgan fingerprint density at radius 3 is 0.889 bits per heavy atom. The predicted octanol–water partition coefficient (Wildman–Crippen LogP) is 0.605. The molecule has 9 heavy (non-hydrogen) atoms. The van der Waals surface area contributed by atoms with Crippen LogP contribution in [-0.2, 0) is 21.1 Å². The van der Waals surface area contributed by atoms with Gasteiger partial charge in [0.25, 0.3) is 0 Å². The predicted molar refractivity (Wildman–Crippen MR) is 25.2 cm³/mol. The summed E-state index contributed by atoms with van der Waals surface area (Å²) < 4.78 is 0. The van der Waals surface area contributed by atoms with Crippen LogP contribution in [0.4, 0.5) is 0 Å². The first-order chi connectivity index (χ1) is 2.83. The van der Waals surface area contributed by atoms with E-state index in [0.29, 0.717) is 0 Å². The van der Waals surface area contributed by atoms with Crippen LogP contribution in [0.5, 0.6) is 0 Å². The maximum atomic E-state index is 8.11. The standard InChI is InChI=1S/2HNO2.2H3N.Pt/c2*2-1-3;;;/h2*(H,2,3);2*1H3;. The van der Waals surface area contributed by atoms with Crippen LogP contribution in [0, 0.1) is 9.81 Å². The first-order valence-corrected chi connectivity index (χ1v) is 0.765. The zero-order valence-corrected chi connectivity index (χ0v) is 6.61. The molecule has 0 rings (SSSR count). The van der Waals surface area contributed by atoms with Gasteiger partial charge in [0, 0.05) is 21.1 Å². The largest absolute Gasteiger partial charge is 0.379 e. The van der Waals surface area contributed by atoms with E-state index in [1.54, 1.807) is 0 Å². The minimum atomic E-state index is 0. The molecule has 0 aliphatic carbocycles. The number of nitrogens with zero attached hydrogens (tertiary/aromatic N) is 2. The van der Waals surface area contributed by atoms with Crippen molar-refractivity contribution in [2.24, 2.45) is 10.7 Å². The fraction of sp³-hybridized carbons (Fsp3) is 0. The number of rotatable bonds is 0. The van der Waals surface area contributed by atoms with Gasteiger partial charge in [0.2, 0.25) is 0 Å². The summed E-state index contributed by atoms with van der Waals surface area (Å²) in [6.45, 7) is 0. The molecule has 0 aliphatic rings. The van der Waals surface area contributed by atoms with Crippen molar-refractivity contribution in [2.45, 2.75) is 0 Å². The smallest absolute Gasteiger partial charge is 0.152 e. The molecule has 0 heterocycles. The van der Waals surface area contributed by atoms with Gasteiger partial charge in [0.15, 0.2) is 10.7 Å². The zero-order chi connectivity index (χ0) is 5.41. The molecule has 8 nitrogen and oxygen atoms in total. The van der Waals surface area contributed by atoms with Crippen LogP contribution < -0.4 is 12.3 Å². The Hall–Kier alpha value is -0.592. The summed E-state index contributed by atoms with van der Waals surface area (Å²) in [5.74, 6) is 0. The van der Waals surface area contributed by atoms with Gasteiger partial charge in [-0.25, -0.2) is 0 Å². The van der Waals surface area contributed by atoms with E-state index in [1.165, 1.54) is 10.7 Å². The Morgan fingerprint density at radius 1 is 0.889 bits per heavy atom. The molecule has 0 saturated carbocycles. The van der Waals surface area contributed by atoms with Crippen molar-refractivity contribution in [1.29, 1.82) is 0 Å². The molecule has 0 aromatic rings. The van der Waals surface area contributed by atoms with E-state index < -0.39 is 0 Å². The summed E-state index contributed by atoms with van der Waals surface area (Å²) >= 11 is 0. The van der Waals surface area contributed by atoms with Gasteiger partial charge in [-0.1, -0.05) is 0 Å². The van der Waals surface area contributed by atoms with Gasteiger partial charge in [-0.2, -0.15) is 0 Å². The summed E-state index contributed by atoms with van der Waals surface area (Å²) in [7, 11) is 0. The molecular formula is H8N4O4Pt. The third-order valence-electron chi connectivity index (χ3n) is 0. The molecule has 0 atom stereocenters. The molecule has 0 bridgehead atoms.